The minimum atomic E-state index is -0.216. The van der Waals surface area contributed by atoms with Gasteiger partial charge < -0.3 is 10.6 Å². The van der Waals surface area contributed by atoms with Crippen molar-refractivity contribution in [1.29, 1.82) is 0 Å². The summed E-state index contributed by atoms with van der Waals surface area (Å²) in [5.74, 6) is 0.0972. The third-order valence-electron chi connectivity index (χ3n) is 3.43. The van der Waals surface area contributed by atoms with Gasteiger partial charge in [0, 0.05) is 19.0 Å². The molecule has 2 N–H and O–H groups in total. The molecule has 1 aromatic carbocycles. The average molecular weight is 301 g/mol. The van der Waals surface area contributed by atoms with Gasteiger partial charge in [-0.2, -0.15) is 0 Å². The van der Waals surface area contributed by atoms with E-state index in [2.05, 4.69) is 10.6 Å². The van der Waals surface area contributed by atoms with Gasteiger partial charge in [-0.15, -0.1) is 12.4 Å². The molecule has 0 aromatic heterocycles. The van der Waals surface area contributed by atoms with Gasteiger partial charge >= 0.3 is 0 Å². The first kappa shape index (κ1) is 16.9. The van der Waals surface area contributed by atoms with Gasteiger partial charge in [0.2, 0.25) is 5.91 Å². The van der Waals surface area contributed by atoms with Crippen LogP contribution in [0.1, 0.15) is 25.3 Å². The summed E-state index contributed by atoms with van der Waals surface area (Å²) in [6, 6.07) is 6.86. The van der Waals surface area contributed by atoms with E-state index in [1.807, 2.05) is 13.0 Å². The number of benzene rings is 1. The smallest absolute Gasteiger partial charge is 0.220 e. The van der Waals surface area contributed by atoms with Gasteiger partial charge in [0.1, 0.15) is 5.82 Å². The van der Waals surface area contributed by atoms with Crippen molar-refractivity contribution in [3.05, 3.63) is 35.6 Å². The Morgan fingerprint density at radius 1 is 1.55 bits per heavy atom. The molecule has 2 unspecified atom stereocenters. The summed E-state index contributed by atoms with van der Waals surface area (Å²) in [5.41, 5.74) is 0.947. The molecule has 1 fully saturated rings. The van der Waals surface area contributed by atoms with Crippen LogP contribution in [0.5, 0.6) is 0 Å². The largest absolute Gasteiger partial charge is 0.352 e. The first-order valence-electron chi connectivity index (χ1n) is 6.88. The van der Waals surface area contributed by atoms with Crippen molar-refractivity contribution in [2.75, 3.05) is 13.1 Å². The molecule has 1 aliphatic heterocycles. The summed E-state index contributed by atoms with van der Waals surface area (Å²) < 4.78 is 13.1. The van der Waals surface area contributed by atoms with E-state index in [1.54, 1.807) is 6.07 Å². The van der Waals surface area contributed by atoms with Crippen LogP contribution in [0.3, 0.4) is 0 Å². The van der Waals surface area contributed by atoms with Gasteiger partial charge in [0.15, 0.2) is 0 Å². The maximum atomic E-state index is 13.1. The molecule has 0 radical (unpaired) electrons. The SMILES string of the molecule is CC(CC(=O)NC1CCNC1)Cc1cccc(F)c1.Cl. The molecule has 3 nitrogen and oxygen atoms in total. The van der Waals surface area contributed by atoms with Crippen molar-refractivity contribution in [2.45, 2.75) is 32.2 Å². The maximum Gasteiger partial charge on any atom is 0.220 e. The van der Waals surface area contributed by atoms with Crippen molar-refractivity contribution in [3.63, 3.8) is 0 Å². The number of hydrogen-bond acceptors (Lipinski definition) is 2. The van der Waals surface area contributed by atoms with Crippen LogP contribution in [-0.2, 0) is 11.2 Å². The summed E-state index contributed by atoms with van der Waals surface area (Å²) in [6.07, 6.45) is 2.23. The first-order valence-corrected chi connectivity index (χ1v) is 6.88. The van der Waals surface area contributed by atoms with Crippen molar-refractivity contribution >= 4 is 18.3 Å². The van der Waals surface area contributed by atoms with Gasteiger partial charge in [0.05, 0.1) is 0 Å². The van der Waals surface area contributed by atoms with E-state index < -0.39 is 0 Å². The lowest BCUT2D eigenvalue weighted by molar-refractivity contribution is -0.122. The average Bonchev–Trinajstić information content (AvgIpc) is 2.81. The van der Waals surface area contributed by atoms with Crippen LogP contribution >= 0.6 is 12.4 Å². The highest BCUT2D eigenvalue weighted by atomic mass is 35.5. The normalized spacial score (nSPS) is 19.2. The Balaban J connectivity index is 0.00000200. The quantitative estimate of drug-likeness (QED) is 0.876. The van der Waals surface area contributed by atoms with Gasteiger partial charge in [-0.25, -0.2) is 4.39 Å². The lowest BCUT2D eigenvalue weighted by atomic mass is 9.97. The van der Waals surface area contributed by atoms with Crippen LogP contribution in [0.2, 0.25) is 0 Å². The summed E-state index contributed by atoms with van der Waals surface area (Å²) in [5, 5.41) is 6.25. The lowest BCUT2D eigenvalue weighted by Crippen LogP contribution is -2.37. The van der Waals surface area contributed by atoms with Gasteiger partial charge in [-0.1, -0.05) is 19.1 Å². The fraction of sp³-hybridized carbons (Fsp3) is 0.533. The van der Waals surface area contributed by atoms with E-state index in [-0.39, 0.29) is 36.1 Å². The van der Waals surface area contributed by atoms with Crippen LogP contribution in [0.4, 0.5) is 4.39 Å². The van der Waals surface area contributed by atoms with Crippen LogP contribution in [-0.4, -0.2) is 25.0 Å². The summed E-state index contributed by atoms with van der Waals surface area (Å²) in [4.78, 5) is 11.9. The predicted octanol–water partition coefficient (Wildman–Crippen LogP) is 2.29. The number of carbonyl (C=O) groups excluding carboxylic acids is 1. The van der Waals surface area contributed by atoms with Crippen LogP contribution < -0.4 is 10.6 Å². The molecule has 0 saturated carbocycles. The van der Waals surface area contributed by atoms with Crippen molar-refractivity contribution < 1.29 is 9.18 Å². The minimum Gasteiger partial charge on any atom is -0.352 e. The van der Waals surface area contributed by atoms with E-state index in [1.165, 1.54) is 12.1 Å². The van der Waals surface area contributed by atoms with Crippen LogP contribution in [0, 0.1) is 11.7 Å². The monoisotopic (exact) mass is 300 g/mol. The topological polar surface area (TPSA) is 41.1 Å². The highest BCUT2D eigenvalue weighted by Crippen LogP contribution is 2.13. The second-order valence-corrected chi connectivity index (χ2v) is 5.40. The molecule has 2 rings (SSSR count). The number of nitrogens with one attached hydrogen (secondary N) is 2. The number of carbonyl (C=O) groups is 1. The molecule has 0 spiro atoms. The van der Waals surface area contributed by atoms with E-state index in [4.69, 9.17) is 0 Å². The molecule has 1 amide bonds. The zero-order valence-corrected chi connectivity index (χ0v) is 12.5. The van der Waals surface area contributed by atoms with Crippen LogP contribution in [0.15, 0.2) is 24.3 Å². The molecular weight excluding hydrogens is 279 g/mol. The van der Waals surface area contributed by atoms with E-state index in [9.17, 15) is 9.18 Å². The molecule has 5 heteroatoms. The molecule has 1 heterocycles. The Morgan fingerprint density at radius 2 is 2.35 bits per heavy atom. The highest BCUT2D eigenvalue weighted by Gasteiger charge is 2.18. The highest BCUT2D eigenvalue weighted by molar-refractivity contribution is 5.85. The molecule has 1 aromatic rings. The zero-order valence-electron chi connectivity index (χ0n) is 11.7. The van der Waals surface area contributed by atoms with Crippen LogP contribution in [0.25, 0.3) is 0 Å². The van der Waals surface area contributed by atoms with Crippen molar-refractivity contribution in [3.8, 4) is 0 Å². The summed E-state index contributed by atoms with van der Waals surface area (Å²) in [7, 11) is 0. The number of rotatable bonds is 5. The Kier molecular flexibility index (Phi) is 6.96. The van der Waals surface area contributed by atoms with Gasteiger partial charge in [0.25, 0.3) is 0 Å². The Bertz CT molecular complexity index is 436. The van der Waals surface area contributed by atoms with Gasteiger partial charge in [-0.05, 0) is 43.0 Å². The number of amides is 1. The first-order chi connectivity index (χ1) is 9.13. The molecule has 0 bridgehead atoms. The molecular formula is C15H22ClFN2O. The fourth-order valence-corrected chi connectivity index (χ4v) is 2.52. The Labute approximate surface area is 125 Å². The second kappa shape index (κ2) is 8.22. The van der Waals surface area contributed by atoms with E-state index >= 15 is 0 Å². The zero-order chi connectivity index (χ0) is 13.7. The second-order valence-electron chi connectivity index (χ2n) is 5.40. The maximum absolute atomic E-state index is 13.1. The summed E-state index contributed by atoms with van der Waals surface area (Å²) in [6.45, 7) is 3.87. The fourth-order valence-electron chi connectivity index (χ4n) is 2.52. The lowest BCUT2D eigenvalue weighted by Gasteiger charge is -2.15. The standard InChI is InChI=1S/C15H21FN2O.ClH/c1-11(7-12-3-2-4-13(16)9-12)8-15(19)18-14-5-6-17-10-14;/h2-4,9,11,14,17H,5-8,10H2,1H3,(H,18,19);1H. The van der Waals surface area contributed by atoms with Gasteiger partial charge in [-0.3, -0.25) is 4.79 Å². The molecule has 1 saturated heterocycles. The van der Waals surface area contributed by atoms with Crippen molar-refractivity contribution in [1.82, 2.24) is 10.6 Å². The predicted molar refractivity (Wildman–Crippen MR) is 80.6 cm³/mol. The Morgan fingerprint density at radius 3 is 3.00 bits per heavy atom. The van der Waals surface area contributed by atoms with E-state index in [0.717, 1.165) is 31.5 Å². The number of halogens is 2. The molecule has 112 valence electrons. The van der Waals surface area contributed by atoms with E-state index in [0.29, 0.717) is 6.42 Å². The third-order valence-corrected chi connectivity index (χ3v) is 3.43. The minimum absolute atomic E-state index is 0. The molecule has 1 aliphatic rings. The molecule has 2 atom stereocenters. The molecule has 20 heavy (non-hydrogen) atoms. The summed E-state index contributed by atoms with van der Waals surface area (Å²) >= 11 is 0. The van der Waals surface area contributed by atoms with Crippen molar-refractivity contribution in [2.24, 2.45) is 5.92 Å². The molecule has 0 aliphatic carbocycles. The Hall–Kier alpha value is -1.13. The number of hydrogen-bond donors (Lipinski definition) is 2. The third kappa shape index (κ3) is 5.47.